The first kappa shape index (κ1) is 26.0. The summed E-state index contributed by atoms with van der Waals surface area (Å²) in [7, 11) is 0. The zero-order valence-corrected chi connectivity index (χ0v) is 22.2. The minimum atomic E-state index is -2.64. The number of hydrogen-bond donors (Lipinski definition) is 2. The summed E-state index contributed by atoms with van der Waals surface area (Å²) in [5.41, 5.74) is 2.14. The van der Waals surface area contributed by atoms with Crippen LogP contribution >= 0.6 is 0 Å². The molecule has 1 aliphatic heterocycles. The quantitative estimate of drug-likeness (QED) is 0.363. The van der Waals surface area contributed by atoms with Crippen LogP contribution in [0.15, 0.2) is 42.7 Å². The van der Waals surface area contributed by atoms with Gasteiger partial charge in [-0.25, -0.2) is 23.7 Å². The fraction of sp³-hybridized carbons (Fsp3) is 0.533. The third kappa shape index (κ3) is 6.35. The van der Waals surface area contributed by atoms with Crippen LogP contribution in [0, 0.1) is 11.8 Å². The van der Waals surface area contributed by atoms with Gasteiger partial charge in [-0.1, -0.05) is 25.3 Å². The second-order valence-electron chi connectivity index (χ2n) is 11.4. The van der Waals surface area contributed by atoms with Crippen LogP contribution in [0.5, 0.6) is 0 Å². The first-order chi connectivity index (χ1) is 18.9. The molecule has 1 saturated heterocycles. The lowest BCUT2D eigenvalue weighted by Gasteiger charge is -2.37. The summed E-state index contributed by atoms with van der Waals surface area (Å²) in [5, 5.41) is 7.24. The van der Waals surface area contributed by atoms with E-state index < -0.39 is 5.92 Å². The summed E-state index contributed by atoms with van der Waals surface area (Å²) in [6.45, 7) is 1.72. The average Bonchev–Trinajstić information content (AvgIpc) is 3.75. The highest BCUT2D eigenvalue weighted by molar-refractivity contribution is 6.06. The van der Waals surface area contributed by atoms with Gasteiger partial charge in [0.05, 0.1) is 11.6 Å². The highest BCUT2D eigenvalue weighted by Crippen LogP contribution is 2.33. The van der Waals surface area contributed by atoms with Crippen molar-refractivity contribution in [2.75, 3.05) is 31.5 Å². The number of fused-ring (bicyclic) bond motifs is 1. The molecule has 39 heavy (non-hydrogen) atoms. The number of alkyl halides is 2. The zero-order valence-electron chi connectivity index (χ0n) is 22.2. The lowest BCUT2D eigenvalue weighted by atomic mass is 9.83. The minimum absolute atomic E-state index is 0.190. The molecule has 1 amide bonds. The maximum absolute atomic E-state index is 13.9. The third-order valence-corrected chi connectivity index (χ3v) is 8.48. The molecule has 3 heterocycles. The predicted molar refractivity (Wildman–Crippen MR) is 147 cm³/mol. The van der Waals surface area contributed by atoms with E-state index in [2.05, 4.69) is 20.6 Å². The smallest absolute Gasteiger partial charge is 0.252 e. The lowest BCUT2D eigenvalue weighted by molar-refractivity contribution is -0.0632. The Bertz CT molecular complexity index is 1300. The summed E-state index contributed by atoms with van der Waals surface area (Å²) in [5.74, 6) is 0.185. The maximum Gasteiger partial charge on any atom is 0.252 e. The number of carbonyl (C=O) groups excluding carboxylic acids is 1. The lowest BCUT2D eigenvalue weighted by Crippen LogP contribution is -2.45. The van der Waals surface area contributed by atoms with Crippen molar-refractivity contribution in [2.45, 2.75) is 63.3 Å². The summed E-state index contributed by atoms with van der Waals surface area (Å²) in [6, 6.07) is 9.12. The third-order valence-electron chi connectivity index (χ3n) is 8.48. The van der Waals surface area contributed by atoms with Gasteiger partial charge in [-0.3, -0.25) is 9.69 Å². The molecule has 2 N–H and O–H groups in total. The first-order valence-electron chi connectivity index (χ1n) is 14.3. The van der Waals surface area contributed by atoms with Crippen LogP contribution in [0.4, 0.5) is 14.6 Å². The predicted octanol–water partition coefficient (Wildman–Crippen LogP) is 5.39. The molecular formula is C30H36F2N6O. The van der Waals surface area contributed by atoms with Crippen molar-refractivity contribution in [3.8, 4) is 0 Å². The molecule has 2 saturated carbocycles. The number of pyridine rings is 1. The van der Waals surface area contributed by atoms with Gasteiger partial charge < -0.3 is 10.6 Å². The number of piperidine rings is 1. The number of rotatable bonds is 10. The highest BCUT2D eigenvalue weighted by Gasteiger charge is 2.37. The van der Waals surface area contributed by atoms with Crippen LogP contribution in [-0.2, 0) is 6.42 Å². The Balaban J connectivity index is 1.17. The van der Waals surface area contributed by atoms with Gasteiger partial charge in [0.25, 0.3) is 11.8 Å². The van der Waals surface area contributed by atoms with Crippen molar-refractivity contribution in [2.24, 2.45) is 11.8 Å². The second kappa shape index (κ2) is 11.1. The number of likely N-dealkylation sites (tertiary alicyclic amines) is 1. The zero-order chi connectivity index (χ0) is 26.8. The van der Waals surface area contributed by atoms with Crippen LogP contribution < -0.4 is 10.6 Å². The van der Waals surface area contributed by atoms with Crippen molar-refractivity contribution < 1.29 is 13.6 Å². The van der Waals surface area contributed by atoms with Crippen molar-refractivity contribution >= 4 is 22.6 Å². The Morgan fingerprint density at radius 2 is 1.79 bits per heavy atom. The van der Waals surface area contributed by atoms with Gasteiger partial charge >= 0.3 is 0 Å². The monoisotopic (exact) mass is 534 g/mol. The van der Waals surface area contributed by atoms with Crippen molar-refractivity contribution in [3.63, 3.8) is 0 Å². The van der Waals surface area contributed by atoms with Gasteiger partial charge in [-0.05, 0) is 48.9 Å². The Hall–Kier alpha value is -3.20. The van der Waals surface area contributed by atoms with Crippen molar-refractivity contribution in [1.29, 1.82) is 0 Å². The molecule has 2 aliphatic carbocycles. The normalized spacial score (nSPS) is 20.4. The number of aromatic nitrogens is 3. The van der Waals surface area contributed by atoms with Gasteiger partial charge in [0.2, 0.25) is 0 Å². The molecule has 3 fully saturated rings. The fourth-order valence-electron chi connectivity index (χ4n) is 5.52. The minimum Gasteiger partial charge on any atom is -0.370 e. The molecule has 1 atom stereocenters. The molecule has 7 nitrogen and oxygen atoms in total. The van der Waals surface area contributed by atoms with Crippen molar-refractivity contribution in [1.82, 2.24) is 25.2 Å². The summed E-state index contributed by atoms with van der Waals surface area (Å²) in [4.78, 5) is 29.3. The van der Waals surface area contributed by atoms with E-state index in [1.165, 1.54) is 32.1 Å². The first-order valence-corrected chi connectivity index (χ1v) is 14.3. The number of benzene rings is 1. The molecule has 6 rings (SSSR count). The molecule has 0 spiro atoms. The van der Waals surface area contributed by atoms with Gasteiger partial charge in [0, 0.05) is 74.3 Å². The van der Waals surface area contributed by atoms with Crippen LogP contribution in [0.25, 0.3) is 10.9 Å². The Morgan fingerprint density at radius 3 is 2.49 bits per heavy atom. The van der Waals surface area contributed by atoms with E-state index in [4.69, 9.17) is 4.98 Å². The van der Waals surface area contributed by atoms with Gasteiger partial charge in [0.1, 0.15) is 11.6 Å². The maximum atomic E-state index is 13.9. The van der Waals surface area contributed by atoms with E-state index in [1.807, 2.05) is 41.6 Å². The standard InChI is InChI=1S/C30H36F2N6O/c31-30(32)11-13-38(14-12-30)26(22-17-34-28(35-18-22)15-20-3-1-4-20)19-36-29(39)24-5-2-6-25-23(24)9-10-27(37-25)33-16-21-7-8-21/h2,5-6,9-10,17-18,20-21,26H,1,3-4,7-8,11-16,19H2,(H,33,37)(H,36,39). The Labute approximate surface area is 227 Å². The molecule has 206 valence electrons. The van der Waals surface area contributed by atoms with Gasteiger partial charge in [0.15, 0.2) is 0 Å². The van der Waals surface area contributed by atoms with E-state index in [0.717, 1.165) is 47.0 Å². The average molecular weight is 535 g/mol. The molecule has 0 radical (unpaired) electrons. The molecule has 9 heteroatoms. The molecular weight excluding hydrogens is 498 g/mol. The van der Waals surface area contributed by atoms with Gasteiger partial charge in [-0.15, -0.1) is 0 Å². The highest BCUT2D eigenvalue weighted by atomic mass is 19.3. The van der Waals surface area contributed by atoms with Gasteiger partial charge in [-0.2, -0.15) is 0 Å². The van der Waals surface area contributed by atoms with Crippen molar-refractivity contribution in [3.05, 3.63) is 59.7 Å². The summed E-state index contributed by atoms with van der Waals surface area (Å²) < 4.78 is 27.9. The van der Waals surface area contributed by atoms with Crippen LogP contribution in [0.1, 0.15) is 72.7 Å². The topological polar surface area (TPSA) is 83.0 Å². The number of carbonyl (C=O) groups is 1. The number of anilines is 1. The summed E-state index contributed by atoms with van der Waals surface area (Å²) >= 11 is 0. The molecule has 0 bridgehead atoms. The Kier molecular flexibility index (Phi) is 7.42. The fourth-order valence-corrected chi connectivity index (χ4v) is 5.52. The molecule has 3 aliphatic rings. The molecule has 2 aromatic heterocycles. The van der Waals surface area contributed by atoms with Crippen LogP contribution in [-0.4, -0.2) is 57.9 Å². The van der Waals surface area contributed by atoms with E-state index in [1.54, 1.807) is 6.07 Å². The van der Waals surface area contributed by atoms with Crippen LogP contribution in [0.3, 0.4) is 0 Å². The summed E-state index contributed by atoms with van der Waals surface area (Å²) in [6.07, 6.45) is 10.4. The number of halogens is 2. The van der Waals surface area contributed by atoms with E-state index >= 15 is 0 Å². The molecule has 3 aromatic rings. The number of hydrogen-bond acceptors (Lipinski definition) is 6. The SMILES string of the molecule is O=C(NCC(c1cnc(CC2CCC2)nc1)N1CCC(F)(F)CC1)c1cccc2nc(NCC3CC3)ccc12. The van der Waals surface area contributed by atoms with E-state index in [-0.39, 0.29) is 44.4 Å². The number of nitrogens with zero attached hydrogens (tertiary/aromatic N) is 4. The molecule has 1 aromatic carbocycles. The number of nitrogens with one attached hydrogen (secondary N) is 2. The largest absolute Gasteiger partial charge is 0.370 e. The number of amides is 1. The van der Waals surface area contributed by atoms with E-state index in [9.17, 15) is 13.6 Å². The van der Waals surface area contributed by atoms with E-state index in [0.29, 0.717) is 11.5 Å². The Morgan fingerprint density at radius 1 is 1.03 bits per heavy atom. The second-order valence-corrected chi connectivity index (χ2v) is 11.4. The van der Waals surface area contributed by atoms with Crippen LogP contribution in [0.2, 0.25) is 0 Å². The molecule has 1 unspecified atom stereocenters.